The predicted molar refractivity (Wildman–Crippen MR) is 99.9 cm³/mol. The summed E-state index contributed by atoms with van der Waals surface area (Å²) in [5, 5.41) is 7.58. The Labute approximate surface area is 156 Å². The van der Waals surface area contributed by atoms with Gasteiger partial charge in [-0.15, -0.1) is 5.10 Å². The molecule has 1 fully saturated rings. The third-order valence-corrected chi connectivity index (χ3v) is 4.60. The lowest BCUT2D eigenvalue weighted by Crippen LogP contribution is -2.45. The van der Waals surface area contributed by atoms with Crippen molar-refractivity contribution in [3.8, 4) is 11.3 Å². The molecule has 1 aliphatic heterocycles. The number of nitrogens with one attached hydrogen (secondary N) is 1. The van der Waals surface area contributed by atoms with Gasteiger partial charge in [0.25, 0.3) is 0 Å². The van der Waals surface area contributed by atoms with Crippen molar-refractivity contribution in [3.63, 3.8) is 0 Å². The summed E-state index contributed by atoms with van der Waals surface area (Å²) in [6.07, 6.45) is 0.919. The fourth-order valence-electron chi connectivity index (χ4n) is 2.83. The van der Waals surface area contributed by atoms with Crippen LogP contribution in [0.1, 0.15) is 33.6 Å². The van der Waals surface area contributed by atoms with Gasteiger partial charge in [0, 0.05) is 23.6 Å². The molecule has 3 rings (SSSR count). The quantitative estimate of drug-likeness (QED) is 0.888. The maximum absolute atomic E-state index is 12.8. The van der Waals surface area contributed by atoms with Crippen molar-refractivity contribution in [1.29, 1.82) is 0 Å². The number of hydrogen-bond donors (Lipinski definition) is 1. The SMILES string of the molecule is CC(C)(C)OC(=O)N1CCC[C@H]1C(=O)Nc1snnc1-c1ccccc1. The van der Waals surface area contributed by atoms with Crippen LogP contribution in [0.5, 0.6) is 0 Å². The number of benzene rings is 1. The van der Waals surface area contributed by atoms with Crippen LogP contribution in [0.2, 0.25) is 0 Å². The molecule has 1 aromatic heterocycles. The van der Waals surface area contributed by atoms with Gasteiger partial charge in [0.1, 0.15) is 22.3 Å². The highest BCUT2D eigenvalue weighted by atomic mass is 32.1. The van der Waals surface area contributed by atoms with E-state index in [1.165, 1.54) is 4.90 Å². The van der Waals surface area contributed by atoms with E-state index in [9.17, 15) is 9.59 Å². The number of carbonyl (C=O) groups is 2. The van der Waals surface area contributed by atoms with Crippen molar-refractivity contribution in [2.75, 3.05) is 11.9 Å². The highest BCUT2D eigenvalue weighted by molar-refractivity contribution is 7.10. The maximum atomic E-state index is 12.8. The van der Waals surface area contributed by atoms with Crippen LogP contribution >= 0.6 is 11.5 Å². The van der Waals surface area contributed by atoms with Crippen molar-refractivity contribution in [1.82, 2.24) is 14.5 Å². The first kappa shape index (κ1) is 18.3. The average molecular weight is 374 g/mol. The van der Waals surface area contributed by atoms with E-state index in [0.29, 0.717) is 23.7 Å². The fourth-order valence-corrected chi connectivity index (χ4v) is 3.43. The molecule has 1 N–H and O–H groups in total. The number of aromatic nitrogens is 2. The van der Waals surface area contributed by atoms with Gasteiger partial charge in [0.2, 0.25) is 5.91 Å². The van der Waals surface area contributed by atoms with E-state index in [2.05, 4.69) is 14.9 Å². The number of likely N-dealkylation sites (tertiary alicyclic amines) is 1. The van der Waals surface area contributed by atoms with Gasteiger partial charge in [-0.1, -0.05) is 34.8 Å². The molecule has 26 heavy (non-hydrogen) atoms. The summed E-state index contributed by atoms with van der Waals surface area (Å²) in [6, 6.07) is 9.00. The van der Waals surface area contributed by atoms with E-state index in [1.54, 1.807) is 0 Å². The Morgan fingerprint density at radius 2 is 2.00 bits per heavy atom. The molecular formula is C18H22N4O3S. The van der Waals surface area contributed by atoms with Gasteiger partial charge in [-0.25, -0.2) is 4.79 Å². The lowest BCUT2D eigenvalue weighted by atomic mass is 10.1. The highest BCUT2D eigenvalue weighted by Crippen LogP contribution is 2.30. The van der Waals surface area contributed by atoms with Gasteiger partial charge in [0.05, 0.1) is 0 Å². The van der Waals surface area contributed by atoms with Gasteiger partial charge < -0.3 is 10.1 Å². The third kappa shape index (κ3) is 4.19. The minimum absolute atomic E-state index is 0.239. The summed E-state index contributed by atoms with van der Waals surface area (Å²) in [4.78, 5) is 26.6. The zero-order chi connectivity index (χ0) is 18.7. The van der Waals surface area contributed by atoms with Crippen molar-refractivity contribution in [2.45, 2.75) is 45.3 Å². The number of amides is 2. The number of carbonyl (C=O) groups excluding carboxylic acids is 2. The zero-order valence-corrected chi connectivity index (χ0v) is 15.9. The van der Waals surface area contributed by atoms with Crippen LogP contribution in [0.3, 0.4) is 0 Å². The summed E-state index contributed by atoms with van der Waals surface area (Å²) >= 11 is 1.12. The van der Waals surface area contributed by atoms with Gasteiger partial charge in [-0.3, -0.25) is 9.69 Å². The molecular weight excluding hydrogens is 352 g/mol. The normalized spacial score (nSPS) is 17.2. The minimum Gasteiger partial charge on any atom is -0.444 e. The second-order valence-corrected chi connectivity index (χ2v) is 7.89. The van der Waals surface area contributed by atoms with Crippen LogP contribution in [-0.4, -0.2) is 44.7 Å². The number of anilines is 1. The number of ether oxygens (including phenoxy) is 1. The molecule has 0 spiro atoms. The Balaban J connectivity index is 1.72. The molecule has 138 valence electrons. The Bertz CT molecular complexity index is 785. The molecule has 0 unspecified atom stereocenters. The number of hydrogen-bond acceptors (Lipinski definition) is 6. The van der Waals surface area contributed by atoms with Gasteiger partial charge in [-0.05, 0) is 33.6 Å². The molecule has 1 atom stereocenters. The van der Waals surface area contributed by atoms with Crippen molar-refractivity contribution < 1.29 is 14.3 Å². The fraction of sp³-hybridized carbons (Fsp3) is 0.444. The molecule has 2 amide bonds. The van der Waals surface area contributed by atoms with E-state index in [-0.39, 0.29) is 5.91 Å². The number of nitrogens with zero attached hydrogens (tertiary/aromatic N) is 3. The number of rotatable bonds is 3. The molecule has 0 aliphatic carbocycles. The van der Waals surface area contributed by atoms with Crippen LogP contribution in [-0.2, 0) is 9.53 Å². The molecule has 0 radical (unpaired) electrons. The Kier molecular flexibility index (Phi) is 5.22. The first-order valence-electron chi connectivity index (χ1n) is 8.53. The van der Waals surface area contributed by atoms with Crippen molar-refractivity contribution in [2.24, 2.45) is 0 Å². The van der Waals surface area contributed by atoms with E-state index < -0.39 is 17.7 Å². The van der Waals surface area contributed by atoms with Gasteiger partial charge in [0.15, 0.2) is 0 Å². The summed E-state index contributed by atoms with van der Waals surface area (Å²) in [5.41, 5.74) is 0.917. The first-order chi connectivity index (χ1) is 12.3. The molecule has 7 nitrogen and oxygen atoms in total. The molecule has 1 saturated heterocycles. The van der Waals surface area contributed by atoms with Crippen LogP contribution in [0, 0.1) is 0 Å². The van der Waals surface area contributed by atoms with Crippen LogP contribution in [0.4, 0.5) is 9.80 Å². The molecule has 0 bridgehead atoms. The monoisotopic (exact) mass is 374 g/mol. The standard InChI is InChI=1S/C18H22N4O3S/c1-18(2,3)25-17(24)22-11-7-10-13(22)15(23)19-16-14(20-21-26-16)12-8-5-4-6-9-12/h4-6,8-9,13H,7,10-11H2,1-3H3,(H,19,23)/t13-/m0/s1. The molecule has 1 aromatic carbocycles. The predicted octanol–water partition coefficient (Wildman–Crippen LogP) is 3.54. The summed E-state index contributed by atoms with van der Waals surface area (Å²) in [7, 11) is 0. The third-order valence-electron chi connectivity index (χ3n) is 3.96. The largest absolute Gasteiger partial charge is 0.444 e. The van der Waals surface area contributed by atoms with E-state index in [0.717, 1.165) is 23.5 Å². The average Bonchev–Trinajstić information content (AvgIpc) is 3.23. The van der Waals surface area contributed by atoms with Crippen LogP contribution < -0.4 is 5.32 Å². The first-order valence-corrected chi connectivity index (χ1v) is 9.31. The Morgan fingerprint density at radius 3 is 2.69 bits per heavy atom. The molecule has 1 aliphatic rings. The van der Waals surface area contributed by atoms with E-state index in [4.69, 9.17) is 4.74 Å². The maximum Gasteiger partial charge on any atom is 0.410 e. The Morgan fingerprint density at radius 1 is 1.27 bits per heavy atom. The van der Waals surface area contributed by atoms with Crippen molar-refractivity contribution in [3.05, 3.63) is 30.3 Å². The summed E-state index contributed by atoms with van der Waals surface area (Å²) < 4.78 is 9.37. The van der Waals surface area contributed by atoms with Crippen LogP contribution in [0.15, 0.2) is 30.3 Å². The lowest BCUT2D eigenvalue weighted by Gasteiger charge is -2.27. The Hall–Kier alpha value is -2.48. The van der Waals surface area contributed by atoms with Gasteiger partial charge in [-0.2, -0.15) is 0 Å². The molecule has 2 aromatic rings. The minimum atomic E-state index is -0.594. The zero-order valence-electron chi connectivity index (χ0n) is 15.1. The second kappa shape index (κ2) is 7.41. The van der Waals surface area contributed by atoms with E-state index >= 15 is 0 Å². The molecule has 8 heteroatoms. The van der Waals surface area contributed by atoms with Crippen molar-refractivity contribution >= 4 is 28.5 Å². The summed E-state index contributed by atoms with van der Waals surface area (Å²) in [6.45, 7) is 5.95. The second-order valence-electron chi connectivity index (χ2n) is 7.14. The molecule has 2 heterocycles. The topological polar surface area (TPSA) is 84.4 Å². The molecule has 0 saturated carbocycles. The smallest absolute Gasteiger partial charge is 0.410 e. The van der Waals surface area contributed by atoms with E-state index in [1.807, 2.05) is 51.1 Å². The van der Waals surface area contributed by atoms with Crippen LogP contribution in [0.25, 0.3) is 11.3 Å². The highest BCUT2D eigenvalue weighted by Gasteiger charge is 2.37. The van der Waals surface area contributed by atoms with Gasteiger partial charge >= 0.3 is 6.09 Å². The summed E-state index contributed by atoms with van der Waals surface area (Å²) in [5.74, 6) is -0.239. The lowest BCUT2D eigenvalue weighted by molar-refractivity contribution is -0.120.